The van der Waals surface area contributed by atoms with Gasteiger partial charge < -0.3 is 20.1 Å². The van der Waals surface area contributed by atoms with E-state index < -0.39 is 0 Å². The third kappa shape index (κ3) is 4.58. The molecular weight excluding hydrogens is 288 g/mol. The second kappa shape index (κ2) is 6.97. The van der Waals surface area contributed by atoms with Gasteiger partial charge in [-0.1, -0.05) is 17.7 Å². The molecule has 118 valence electrons. The lowest BCUT2D eigenvalue weighted by molar-refractivity contribution is 0.0726. The Kier molecular flexibility index (Phi) is 5.49. The summed E-state index contributed by atoms with van der Waals surface area (Å²) in [7, 11) is 0. The maximum absolute atomic E-state index is 9.57. The summed E-state index contributed by atoms with van der Waals surface area (Å²) in [4.78, 5) is 2.20. The molecular formula is C16H25ClN2O2. The molecule has 1 atom stereocenters. The van der Waals surface area contributed by atoms with Crippen LogP contribution in [0.25, 0.3) is 0 Å². The van der Waals surface area contributed by atoms with Crippen LogP contribution in [0.15, 0.2) is 18.2 Å². The SMILES string of the molecule is CC(C)(C)NCc1ccc(Cl)cc1N1CCOCC1CO. The number of nitrogens with zero attached hydrogens (tertiary/aromatic N) is 1. The number of halogens is 1. The highest BCUT2D eigenvalue weighted by Crippen LogP contribution is 2.28. The Balaban J connectivity index is 2.25. The monoisotopic (exact) mass is 312 g/mol. The number of anilines is 1. The maximum atomic E-state index is 9.57. The number of hydrogen-bond acceptors (Lipinski definition) is 4. The Labute approximate surface area is 132 Å². The van der Waals surface area contributed by atoms with E-state index in [1.807, 2.05) is 12.1 Å². The largest absolute Gasteiger partial charge is 0.394 e. The molecule has 1 aliphatic rings. The van der Waals surface area contributed by atoms with E-state index >= 15 is 0 Å². The second-order valence-electron chi connectivity index (χ2n) is 6.48. The molecule has 1 heterocycles. The Morgan fingerprint density at radius 3 is 2.86 bits per heavy atom. The van der Waals surface area contributed by atoms with E-state index in [1.165, 1.54) is 5.56 Å². The molecule has 0 radical (unpaired) electrons. The zero-order chi connectivity index (χ0) is 15.5. The van der Waals surface area contributed by atoms with Crippen molar-refractivity contribution in [2.45, 2.75) is 38.9 Å². The van der Waals surface area contributed by atoms with E-state index in [9.17, 15) is 5.11 Å². The van der Waals surface area contributed by atoms with E-state index in [0.717, 1.165) is 18.8 Å². The molecule has 2 N–H and O–H groups in total. The molecule has 0 amide bonds. The predicted molar refractivity (Wildman–Crippen MR) is 87.1 cm³/mol. The van der Waals surface area contributed by atoms with Gasteiger partial charge in [-0.05, 0) is 38.5 Å². The fourth-order valence-corrected chi connectivity index (χ4v) is 2.60. The van der Waals surface area contributed by atoms with Crippen LogP contribution in [0, 0.1) is 0 Å². The molecule has 1 aromatic rings. The summed E-state index contributed by atoms with van der Waals surface area (Å²) >= 11 is 6.18. The van der Waals surface area contributed by atoms with E-state index in [4.69, 9.17) is 16.3 Å². The second-order valence-corrected chi connectivity index (χ2v) is 6.92. The van der Waals surface area contributed by atoms with Gasteiger partial charge in [0.15, 0.2) is 0 Å². The number of rotatable bonds is 4. The first-order valence-corrected chi connectivity index (χ1v) is 7.77. The molecule has 0 spiro atoms. The van der Waals surface area contributed by atoms with Crippen LogP contribution < -0.4 is 10.2 Å². The normalized spacial score (nSPS) is 19.9. The Morgan fingerprint density at radius 1 is 1.43 bits per heavy atom. The summed E-state index contributed by atoms with van der Waals surface area (Å²) in [5, 5.41) is 13.8. The van der Waals surface area contributed by atoms with Crippen molar-refractivity contribution in [3.8, 4) is 0 Å². The van der Waals surface area contributed by atoms with Crippen molar-refractivity contribution >= 4 is 17.3 Å². The third-order valence-corrected chi connectivity index (χ3v) is 3.84. The lowest BCUT2D eigenvalue weighted by Crippen LogP contribution is -2.48. The van der Waals surface area contributed by atoms with Crippen LogP contribution in [-0.4, -0.2) is 43.1 Å². The fourth-order valence-electron chi connectivity index (χ4n) is 2.44. The highest BCUT2D eigenvalue weighted by molar-refractivity contribution is 6.30. The van der Waals surface area contributed by atoms with Gasteiger partial charge in [0.05, 0.1) is 25.9 Å². The highest BCUT2D eigenvalue weighted by Gasteiger charge is 2.25. The Hall–Kier alpha value is -0.810. The number of morpholine rings is 1. The molecule has 1 saturated heterocycles. The van der Waals surface area contributed by atoms with Crippen molar-refractivity contribution in [3.63, 3.8) is 0 Å². The number of ether oxygens (including phenoxy) is 1. The van der Waals surface area contributed by atoms with Crippen LogP contribution in [0.2, 0.25) is 5.02 Å². The first-order valence-electron chi connectivity index (χ1n) is 7.39. The number of benzene rings is 1. The van der Waals surface area contributed by atoms with Gasteiger partial charge in [0.1, 0.15) is 0 Å². The molecule has 2 rings (SSSR count). The van der Waals surface area contributed by atoms with Crippen molar-refractivity contribution in [1.82, 2.24) is 5.32 Å². The first kappa shape index (κ1) is 16.6. The van der Waals surface area contributed by atoms with Gasteiger partial charge in [-0.15, -0.1) is 0 Å². The maximum Gasteiger partial charge on any atom is 0.0755 e. The molecule has 1 aromatic carbocycles. The van der Waals surface area contributed by atoms with Crippen LogP contribution in [0.4, 0.5) is 5.69 Å². The topological polar surface area (TPSA) is 44.7 Å². The standard InChI is InChI=1S/C16H25ClN2O2/c1-16(2,3)18-9-12-4-5-13(17)8-15(12)19-6-7-21-11-14(19)10-20/h4-5,8,14,18,20H,6-7,9-11H2,1-3H3. The van der Waals surface area contributed by atoms with Crippen molar-refractivity contribution < 1.29 is 9.84 Å². The predicted octanol–water partition coefficient (Wildman–Crippen LogP) is 2.43. The van der Waals surface area contributed by atoms with Gasteiger partial charge in [-0.25, -0.2) is 0 Å². The van der Waals surface area contributed by atoms with E-state index in [1.54, 1.807) is 0 Å². The molecule has 1 unspecified atom stereocenters. The Bertz CT molecular complexity index is 474. The van der Waals surface area contributed by atoms with Crippen molar-refractivity contribution in [1.29, 1.82) is 0 Å². The molecule has 5 heteroatoms. The smallest absolute Gasteiger partial charge is 0.0755 e. The average molecular weight is 313 g/mol. The van der Waals surface area contributed by atoms with Gasteiger partial charge in [0, 0.05) is 29.3 Å². The van der Waals surface area contributed by atoms with Crippen LogP contribution in [0.5, 0.6) is 0 Å². The molecule has 0 bridgehead atoms. The van der Waals surface area contributed by atoms with Crippen molar-refractivity contribution in [3.05, 3.63) is 28.8 Å². The molecule has 0 aliphatic carbocycles. The molecule has 0 saturated carbocycles. The van der Waals surface area contributed by atoms with Crippen LogP contribution >= 0.6 is 11.6 Å². The van der Waals surface area contributed by atoms with E-state index in [2.05, 4.69) is 37.1 Å². The summed E-state index contributed by atoms with van der Waals surface area (Å²) in [5.41, 5.74) is 2.33. The summed E-state index contributed by atoms with van der Waals surface area (Å²) in [6, 6.07) is 5.94. The van der Waals surface area contributed by atoms with Crippen LogP contribution in [0.3, 0.4) is 0 Å². The minimum atomic E-state index is -0.00870. The molecule has 1 fully saturated rings. The number of aliphatic hydroxyl groups excluding tert-OH is 1. The molecule has 1 aliphatic heterocycles. The van der Waals surface area contributed by atoms with Crippen molar-refractivity contribution in [2.75, 3.05) is 31.3 Å². The minimum absolute atomic E-state index is 0.00870. The van der Waals surface area contributed by atoms with Gasteiger partial charge in [0.2, 0.25) is 0 Å². The zero-order valence-electron chi connectivity index (χ0n) is 13.0. The van der Waals surface area contributed by atoms with Gasteiger partial charge in [-0.3, -0.25) is 0 Å². The minimum Gasteiger partial charge on any atom is -0.394 e. The molecule has 4 nitrogen and oxygen atoms in total. The summed E-state index contributed by atoms with van der Waals surface area (Å²) < 4.78 is 5.46. The Morgan fingerprint density at radius 2 is 2.19 bits per heavy atom. The highest BCUT2D eigenvalue weighted by atomic mass is 35.5. The summed E-state index contributed by atoms with van der Waals surface area (Å²) in [6.07, 6.45) is 0. The molecule has 21 heavy (non-hydrogen) atoms. The van der Waals surface area contributed by atoms with Crippen LogP contribution in [0.1, 0.15) is 26.3 Å². The van der Waals surface area contributed by atoms with Gasteiger partial charge in [0.25, 0.3) is 0 Å². The summed E-state index contributed by atoms with van der Waals surface area (Å²) in [5.74, 6) is 0. The fraction of sp³-hybridized carbons (Fsp3) is 0.625. The summed E-state index contributed by atoms with van der Waals surface area (Å²) in [6.45, 7) is 9.29. The first-order chi connectivity index (χ1) is 9.90. The number of hydrogen-bond donors (Lipinski definition) is 2. The number of nitrogens with one attached hydrogen (secondary N) is 1. The average Bonchev–Trinajstić information content (AvgIpc) is 2.45. The lowest BCUT2D eigenvalue weighted by atomic mass is 10.1. The quantitative estimate of drug-likeness (QED) is 0.896. The van der Waals surface area contributed by atoms with Crippen LogP contribution in [-0.2, 0) is 11.3 Å². The third-order valence-electron chi connectivity index (χ3n) is 3.60. The lowest BCUT2D eigenvalue weighted by Gasteiger charge is -2.38. The number of aliphatic hydroxyl groups is 1. The van der Waals surface area contributed by atoms with Gasteiger partial charge >= 0.3 is 0 Å². The molecule has 0 aromatic heterocycles. The van der Waals surface area contributed by atoms with Gasteiger partial charge in [-0.2, -0.15) is 0 Å². The van der Waals surface area contributed by atoms with E-state index in [0.29, 0.717) is 18.2 Å². The zero-order valence-corrected chi connectivity index (χ0v) is 13.8. The van der Waals surface area contributed by atoms with Crippen molar-refractivity contribution in [2.24, 2.45) is 0 Å². The van der Waals surface area contributed by atoms with E-state index in [-0.39, 0.29) is 18.2 Å².